The molecule has 0 spiro atoms. The molecule has 24 heavy (non-hydrogen) atoms. The lowest BCUT2D eigenvalue weighted by Crippen LogP contribution is -2.36. The summed E-state index contributed by atoms with van der Waals surface area (Å²) < 4.78 is 11.2. The molecule has 0 aliphatic rings. The number of carbonyl (C=O) groups excluding carboxylic acids is 1. The van der Waals surface area contributed by atoms with Crippen LogP contribution in [0, 0.1) is 6.92 Å². The quantitative estimate of drug-likeness (QED) is 0.809. The number of rotatable bonds is 8. The number of amides is 1. The molecule has 2 rings (SSSR count). The summed E-state index contributed by atoms with van der Waals surface area (Å²) in [6, 6.07) is 14.9. The van der Waals surface area contributed by atoms with Crippen LogP contribution in [0.5, 0.6) is 17.2 Å². The van der Waals surface area contributed by atoms with Gasteiger partial charge in [-0.05, 0) is 50.2 Å². The van der Waals surface area contributed by atoms with Gasteiger partial charge in [-0.1, -0.05) is 17.7 Å². The smallest absolute Gasteiger partial charge is 0.260 e. The maximum atomic E-state index is 11.9. The largest absolute Gasteiger partial charge is 0.484 e. The molecule has 0 fully saturated rings. The van der Waals surface area contributed by atoms with Gasteiger partial charge in [-0.15, -0.1) is 0 Å². The van der Waals surface area contributed by atoms with Gasteiger partial charge in [-0.25, -0.2) is 0 Å². The predicted octanol–water partition coefficient (Wildman–Crippen LogP) is 3.01. The van der Waals surface area contributed by atoms with Gasteiger partial charge in [0.1, 0.15) is 17.2 Å². The molecule has 2 aromatic rings. The van der Waals surface area contributed by atoms with Gasteiger partial charge in [0.05, 0.1) is 6.61 Å². The van der Waals surface area contributed by atoms with Gasteiger partial charge in [0.25, 0.3) is 5.91 Å². The highest BCUT2D eigenvalue weighted by Gasteiger charge is 2.11. The average Bonchev–Trinajstić information content (AvgIpc) is 2.60. The normalized spacial score (nSPS) is 10.3. The van der Waals surface area contributed by atoms with Gasteiger partial charge in [-0.3, -0.25) is 4.79 Å². The van der Waals surface area contributed by atoms with Crippen LogP contribution in [0.4, 0.5) is 0 Å². The summed E-state index contributed by atoms with van der Waals surface area (Å²) in [5.74, 6) is 1.92. The molecule has 0 unspecified atom stereocenters. The summed E-state index contributed by atoms with van der Waals surface area (Å²) in [6.45, 7) is 4.66. The van der Waals surface area contributed by atoms with Crippen LogP contribution < -0.4 is 9.47 Å². The summed E-state index contributed by atoms with van der Waals surface area (Å²) >= 11 is 0. The SMILES string of the molecule is CCN(CCO)C(=O)COc1ccc(Oc2ccc(C)cc2)cc1. The van der Waals surface area contributed by atoms with Crippen LogP contribution in [0.2, 0.25) is 0 Å². The van der Waals surface area contributed by atoms with E-state index in [9.17, 15) is 4.79 Å². The molecule has 5 nitrogen and oxygen atoms in total. The Balaban J connectivity index is 1.87. The topological polar surface area (TPSA) is 59.0 Å². The van der Waals surface area contributed by atoms with Crippen molar-refractivity contribution in [2.45, 2.75) is 13.8 Å². The van der Waals surface area contributed by atoms with Gasteiger partial charge >= 0.3 is 0 Å². The molecule has 2 aromatic carbocycles. The number of hydrogen-bond acceptors (Lipinski definition) is 4. The van der Waals surface area contributed by atoms with Crippen LogP contribution in [0.25, 0.3) is 0 Å². The summed E-state index contributed by atoms with van der Waals surface area (Å²) in [7, 11) is 0. The zero-order valence-electron chi connectivity index (χ0n) is 14.1. The third kappa shape index (κ3) is 5.28. The molecule has 0 aromatic heterocycles. The number of hydrogen-bond donors (Lipinski definition) is 1. The van der Waals surface area contributed by atoms with Crippen molar-refractivity contribution in [2.24, 2.45) is 0 Å². The van der Waals surface area contributed by atoms with Crippen molar-refractivity contribution in [3.63, 3.8) is 0 Å². The lowest BCUT2D eigenvalue weighted by atomic mass is 10.2. The molecule has 0 radical (unpaired) electrons. The van der Waals surface area contributed by atoms with E-state index >= 15 is 0 Å². The number of carbonyl (C=O) groups is 1. The highest BCUT2D eigenvalue weighted by atomic mass is 16.5. The number of benzene rings is 2. The predicted molar refractivity (Wildman–Crippen MR) is 92.5 cm³/mol. The van der Waals surface area contributed by atoms with Crippen molar-refractivity contribution in [1.82, 2.24) is 4.90 Å². The Labute approximate surface area is 142 Å². The first-order valence-electron chi connectivity index (χ1n) is 7.98. The van der Waals surface area contributed by atoms with Crippen LogP contribution in [0.3, 0.4) is 0 Å². The fourth-order valence-corrected chi connectivity index (χ4v) is 2.16. The van der Waals surface area contributed by atoms with Crippen LogP contribution in [-0.4, -0.2) is 42.2 Å². The molecule has 0 heterocycles. The molecule has 0 aliphatic heterocycles. The number of aliphatic hydroxyl groups excluding tert-OH is 1. The molecule has 5 heteroatoms. The summed E-state index contributed by atoms with van der Waals surface area (Å²) in [5, 5.41) is 8.92. The van der Waals surface area contributed by atoms with E-state index in [1.165, 1.54) is 5.56 Å². The van der Waals surface area contributed by atoms with E-state index in [2.05, 4.69) is 0 Å². The number of nitrogens with zero attached hydrogens (tertiary/aromatic N) is 1. The molecule has 0 atom stereocenters. The van der Waals surface area contributed by atoms with E-state index < -0.39 is 0 Å². The Morgan fingerprint density at radius 2 is 1.54 bits per heavy atom. The molecular formula is C19H23NO4. The minimum atomic E-state index is -0.147. The Bertz CT molecular complexity index is 637. The summed E-state index contributed by atoms with van der Waals surface area (Å²) in [5.41, 5.74) is 1.18. The van der Waals surface area contributed by atoms with Gasteiger partial charge in [0.2, 0.25) is 0 Å². The minimum Gasteiger partial charge on any atom is -0.484 e. The molecule has 128 valence electrons. The Hall–Kier alpha value is -2.53. The zero-order valence-corrected chi connectivity index (χ0v) is 14.1. The minimum absolute atomic E-state index is 0.0496. The van der Waals surface area contributed by atoms with Crippen LogP contribution in [0.15, 0.2) is 48.5 Å². The van der Waals surface area contributed by atoms with Crippen molar-refractivity contribution in [1.29, 1.82) is 0 Å². The van der Waals surface area contributed by atoms with E-state index in [0.717, 1.165) is 5.75 Å². The average molecular weight is 329 g/mol. The highest BCUT2D eigenvalue weighted by molar-refractivity contribution is 5.77. The maximum Gasteiger partial charge on any atom is 0.260 e. The lowest BCUT2D eigenvalue weighted by molar-refractivity contribution is -0.133. The standard InChI is InChI=1S/C19H23NO4/c1-3-20(12-13-21)19(22)14-23-16-8-10-18(11-9-16)24-17-6-4-15(2)5-7-17/h4-11,21H,3,12-14H2,1-2H3. The monoisotopic (exact) mass is 329 g/mol. The fraction of sp³-hybridized carbons (Fsp3) is 0.316. The van der Waals surface area contributed by atoms with Gasteiger partial charge in [0.15, 0.2) is 6.61 Å². The first-order chi connectivity index (χ1) is 11.6. The highest BCUT2D eigenvalue weighted by Crippen LogP contribution is 2.24. The second kappa shape index (κ2) is 8.93. The van der Waals surface area contributed by atoms with Crippen molar-refractivity contribution in [3.05, 3.63) is 54.1 Å². The van der Waals surface area contributed by atoms with Crippen molar-refractivity contribution in [3.8, 4) is 17.2 Å². The fourth-order valence-electron chi connectivity index (χ4n) is 2.16. The van der Waals surface area contributed by atoms with Crippen LogP contribution >= 0.6 is 0 Å². The van der Waals surface area contributed by atoms with Crippen molar-refractivity contribution in [2.75, 3.05) is 26.3 Å². The third-order valence-electron chi connectivity index (χ3n) is 3.55. The Kier molecular flexibility index (Phi) is 6.63. The number of aliphatic hydroxyl groups is 1. The van der Waals surface area contributed by atoms with E-state index in [1.54, 1.807) is 29.2 Å². The zero-order chi connectivity index (χ0) is 17.4. The van der Waals surface area contributed by atoms with Crippen molar-refractivity contribution >= 4 is 5.91 Å². The Morgan fingerprint density at radius 3 is 2.08 bits per heavy atom. The van der Waals surface area contributed by atoms with E-state index in [4.69, 9.17) is 14.6 Å². The number of aryl methyl sites for hydroxylation is 1. The molecule has 1 N–H and O–H groups in total. The molecule has 0 bridgehead atoms. The van der Waals surface area contributed by atoms with Crippen LogP contribution in [0.1, 0.15) is 12.5 Å². The van der Waals surface area contributed by atoms with Crippen LogP contribution in [-0.2, 0) is 4.79 Å². The van der Waals surface area contributed by atoms with Gasteiger partial charge in [-0.2, -0.15) is 0 Å². The van der Waals surface area contributed by atoms with E-state index in [-0.39, 0.29) is 19.1 Å². The molecule has 1 amide bonds. The second-order valence-electron chi connectivity index (χ2n) is 5.37. The maximum absolute atomic E-state index is 11.9. The van der Waals surface area contributed by atoms with Crippen molar-refractivity contribution < 1.29 is 19.4 Å². The van der Waals surface area contributed by atoms with E-state index in [1.807, 2.05) is 38.1 Å². The van der Waals surface area contributed by atoms with Gasteiger partial charge < -0.3 is 19.5 Å². The van der Waals surface area contributed by atoms with E-state index in [0.29, 0.717) is 24.6 Å². The number of ether oxygens (including phenoxy) is 2. The summed E-state index contributed by atoms with van der Waals surface area (Å²) in [4.78, 5) is 13.5. The third-order valence-corrected chi connectivity index (χ3v) is 3.55. The molecule has 0 aliphatic carbocycles. The summed E-state index contributed by atoms with van der Waals surface area (Å²) in [6.07, 6.45) is 0. The lowest BCUT2D eigenvalue weighted by Gasteiger charge is -2.19. The van der Waals surface area contributed by atoms with Gasteiger partial charge in [0, 0.05) is 13.1 Å². The Morgan fingerprint density at radius 1 is 1.00 bits per heavy atom. The second-order valence-corrected chi connectivity index (χ2v) is 5.37. The first kappa shape index (κ1) is 17.8. The first-order valence-corrected chi connectivity index (χ1v) is 7.98. The molecule has 0 saturated carbocycles. The number of likely N-dealkylation sites (N-methyl/N-ethyl adjacent to an activating group) is 1. The molecular weight excluding hydrogens is 306 g/mol. The molecule has 0 saturated heterocycles.